The maximum Gasteiger partial charge on any atom is 0.257 e. The lowest BCUT2D eigenvalue weighted by atomic mass is 10.1. The van der Waals surface area contributed by atoms with Gasteiger partial charge in [-0.3, -0.25) is 9.10 Å². The van der Waals surface area contributed by atoms with Crippen molar-refractivity contribution in [1.82, 2.24) is 0 Å². The summed E-state index contributed by atoms with van der Waals surface area (Å²) in [4.78, 5) is 12.8. The molecule has 0 radical (unpaired) electrons. The minimum Gasteiger partial charge on any atom is -0.495 e. The van der Waals surface area contributed by atoms with Gasteiger partial charge in [-0.15, -0.1) is 0 Å². The third-order valence-corrected chi connectivity index (χ3v) is 6.65. The van der Waals surface area contributed by atoms with Gasteiger partial charge in [0.05, 0.1) is 29.1 Å². The average Bonchev–Trinajstić information content (AvgIpc) is 2.93. The summed E-state index contributed by atoms with van der Waals surface area (Å²) < 4.78 is 31.0. The van der Waals surface area contributed by atoms with E-state index in [-0.39, 0.29) is 22.1 Å². The predicted molar refractivity (Wildman–Crippen MR) is 108 cm³/mol. The first-order valence-corrected chi connectivity index (χ1v) is 10.5. The van der Waals surface area contributed by atoms with Crippen molar-refractivity contribution in [3.05, 3.63) is 51.5 Å². The number of halogens is 2. The van der Waals surface area contributed by atoms with Crippen LogP contribution in [0.4, 0.5) is 11.4 Å². The number of aryl methyl sites for hydroxylation is 1. The molecule has 2 aromatic carbocycles. The van der Waals surface area contributed by atoms with Gasteiger partial charge in [-0.25, -0.2) is 8.42 Å². The average molecular weight is 429 g/mol. The molecule has 0 aromatic heterocycles. The summed E-state index contributed by atoms with van der Waals surface area (Å²) in [5, 5.41) is 3.34. The molecule has 1 aliphatic rings. The van der Waals surface area contributed by atoms with Crippen molar-refractivity contribution in [3.8, 4) is 5.75 Å². The molecule has 3 rings (SSSR count). The molecular formula is C18H18Cl2N2O4S. The van der Waals surface area contributed by atoms with Crippen molar-refractivity contribution >= 4 is 50.5 Å². The van der Waals surface area contributed by atoms with E-state index in [2.05, 4.69) is 5.32 Å². The first-order chi connectivity index (χ1) is 12.7. The first-order valence-electron chi connectivity index (χ1n) is 8.18. The number of hydrogen-bond donors (Lipinski definition) is 1. The van der Waals surface area contributed by atoms with E-state index in [9.17, 15) is 13.2 Å². The topological polar surface area (TPSA) is 75.7 Å². The molecule has 0 saturated carbocycles. The minimum absolute atomic E-state index is 0.0707. The predicted octanol–water partition coefficient (Wildman–Crippen LogP) is 4.10. The molecule has 1 N–H and O–H groups in total. The summed E-state index contributed by atoms with van der Waals surface area (Å²) in [6.07, 6.45) is 0.524. The Balaban J connectivity index is 2.01. The van der Waals surface area contributed by atoms with Crippen LogP contribution in [0.5, 0.6) is 5.75 Å². The van der Waals surface area contributed by atoms with Crippen LogP contribution in [0.3, 0.4) is 0 Å². The van der Waals surface area contributed by atoms with Crippen molar-refractivity contribution in [2.75, 3.05) is 29.0 Å². The van der Waals surface area contributed by atoms with Crippen LogP contribution in [0.1, 0.15) is 22.3 Å². The molecule has 144 valence electrons. The third-order valence-electron chi connectivity index (χ3n) is 4.18. The van der Waals surface area contributed by atoms with Crippen molar-refractivity contribution in [3.63, 3.8) is 0 Å². The maximum absolute atomic E-state index is 12.8. The van der Waals surface area contributed by atoms with Gasteiger partial charge in [0.15, 0.2) is 0 Å². The van der Waals surface area contributed by atoms with Gasteiger partial charge >= 0.3 is 0 Å². The van der Waals surface area contributed by atoms with Crippen LogP contribution in [-0.4, -0.2) is 33.7 Å². The summed E-state index contributed by atoms with van der Waals surface area (Å²) in [7, 11) is -2.00. The quantitative estimate of drug-likeness (QED) is 0.794. The molecule has 1 amide bonds. The summed E-state index contributed by atoms with van der Waals surface area (Å²) in [6, 6.07) is 8.13. The number of nitrogens with one attached hydrogen (secondary N) is 1. The van der Waals surface area contributed by atoms with Gasteiger partial charge in [0.2, 0.25) is 10.0 Å². The van der Waals surface area contributed by atoms with Crippen LogP contribution < -0.4 is 14.4 Å². The standard InChI is InChI=1S/C18H18Cl2N2O4S/c1-11-6-12(19)8-13(7-11)21-18(23)15-9-14(10-16(26-2)17(15)20)22-4-3-5-27(22,24)25/h6-10H,3-5H2,1-2H3,(H,21,23). The highest BCUT2D eigenvalue weighted by Gasteiger charge is 2.30. The molecule has 0 aliphatic carbocycles. The van der Waals surface area contributed by atoms with E-state index in [0.717, 1.165) is 5.56 Å². The lowest BCUT2D eigenvalue weighted by molar-refractivity contribution is 0.102. The van der Waals surface area contributed by atoms with E-state index in [0.29, 0.717) is 29.4 Å². The van der Waals surface area contributed by atoms with Crippen LogP contribution in [0.15, 0.2) is 30.3 Å². The van der Waals surface area contributed by atoms with Crippen LogP contribution in [-0.2, 0) is 10.0 Å². The Morgan fingerprint density at radius 1 is 1.19 bits per heavy atom. The molecule has 2 aromatic rings. The molecule has 1 fully saturated rings. The Bertz CT molecular complexity index is 988. The van der Waals surface area contributed by atoms with E-state index >= 15 is 0 Å². The van der Waals surface area contributed by atoms with E-state index in [1.54, 1.807) is 18.2 Å². The maximum atomic E-state index is 12.8. The second kappa shape index (κ2) is 7.58. The summed E-state index contributed by atoms with van der Waals surface area (Å²) in [5.41, 5.74) is 1.87. The number of ether oxygens (including phenoxy) is 1. The summed E-state index contributed by atoms with van der Waals surface area (Å²) in [6.45, 7) is 2.21. The number of methoxy groups -OCH3 is 1. The van der Waals surface area contributed by atoms with E-state index in [1.807, 2.05) is 6.92 Å². The van der Waals surface area contributed by atoms with Crippen LogP contribution in [0.25, 0.3) is 0 Å². The normalized spacial score (nSPS) is 15.6. The SMILES string of the molecule is COc1cc(N2CCCS2(=O)=O)cc(C(=O)Nc2cc(C)cc(Cl)c2)c1Cl. The molecule has 1 aliphatic heterocycles. The summed E-state index contributed by atoms with van der Waals surface area (Å²) in [5.74, 6) is -0.191. The number of amides is 1. The highest BCUT2D eigenvalue weighted by atomic mass is 35.5. The Labute approximate surface area is 168 Å². The number of benzene rings is 2. The lowest BCUT2D eigenvalue weighted by Gasteiger charge is -2.20. The fraction of sp³-hybridized carbons (Fsp3) is 0.278. The van der Waals surface area contributed by atoms with Crippen LogP contribution in [0.2, 0.25) is 10.0 Å². The number of sulfonamides is 1. The van der Waals surface area contributed by atoms with Gasteiger partial charge in [0.1, 0.15) is 5.75 Å². The Hall–Kier alpha value is -1.96. The molecular weight excluding hydrogens is 411 g/mol. The number of nitrogens with zero attached hydrogens (tertiary/aromatic N) is 1. The summed E-state index contributed by atoms with van der Waals surface area (Å²) >= 11 is 12.3. The number of anilines is 2. The van der Waals surface area contributed by atoms with E-state index in [1.165, 1.54) is 23.5 Å². The highest BCUT2D eigenvalue weighted by molar-refractivity contribution is 7.93. The molecule has 0 atom stereocenters. The lowest BCUT2D eigenvalue weighted by Crippen LogP contribution is -2.25. The smallest absolute Gasteiger partial charge is 0.257 e. The van der Waals surface area contributed by atoms with Gasteiger partial charge in [0, 0.05) is 23.3 Å². The molecule has 1 heterocycles. The zero-order chi connectivity index (χ0) is 19.8. The third kappa shape index (κ3) is 4.15. The van der Waals surface area contributed by atoms with Gasteiger partial charge in [-0.2, -0.15) is 0 Å². The van der Waals surface area contributed by atoms with Crippen LogP contribution in [0, 0.1) is 6.92 Å². The Kier molecular flexibility index (Phi) is 5.55. The zero-order valence-electron chi connectivity index (χ0n) is 14.8. The van der Waals surface area contributed by atoms with Crippen molar-refractivity contribution in [2.45, 2.75) is 13.3 Å². The zero-order valence-corrected chi connectivity index (χ0v) is 17.1. The molecule has 9 heteroatoms. The van der Waals surface area contributed by atoms with Crippen LogP contribution >= 0.6 is 23.2 Å². The van der Waals surface area contributed by atoms with E-state index < -0.39 is 15.9 Å². The molecule has 1 saturated heterocycles. The largest absolute Gasteiger partial charge is 0.495 e. The number of carbonyl (C=O) groups is 1. The number of carbonyl (C=O) groups excluding carboxylic acids is 1. The van der Waals surface area contributed by atoms with Gasteiger partial charge in [0.25, 0.3) is 5.91 Å². The highest BCUT2D eigenvalue weighted by Crippen LogP contribution is 2.36. The first kappa shape index (κ1) is 19.8. The second-order valence-corrected chi connectivity index (χ2v) is 9.05. The fourth-order valence-corrected chi connectivity index (χ4v) is 5.09. The Morgan fingerprint density at radius 2 is 1.93 bits per heavy atom. The fourth-order valence-electron chi connectivity index (χ4n) is 2.98. The molecule has 27 heavy (non-hydrogen) atoms. The van der Waals surface area contributed by atoms with Gasteiger partial charge < -0.3 is 10.1 Å². The molecule has 0 unspecified atom stereocenters. The molecule has 6 nitrogen and oxygen atoms in total. The second-order valence-electron chi connectivity index (χ2n) is 6.22. The molecule has 0 spiro atoms. The Morgan fingerprint density at radius 3 is 2.52 bits per heavy atom. The van der Waals surface area contributed by atoms with Crippen molar-refractivity contribution < 1.29 is 17.9 Å². The van der Waals surface area contributed by atoms with Gasteiger partial charge in [-0.05, 0) is 43.2 Å². The van der Waals surface area contributed by atoms with E-state index in [4.69, 9.17) is 27.9 Å². The number of rotatable bonds is 4. The monoisotopic (exact) mass is 428 g/mol. The van der Waals surface area contributed by atoms with Gasteiger partial charge in [-0.1, -0.05) is 23.2 Å². The molecule has 0 bridgehead atoms. The van der Waals surface area contributed by atoms with Crippen molar-refractivity contribution in [2.24, 2.45) is 0 Å². The van der Waals surface area contributed by atoms with Crippen molar-refractivity contribution in [1.29, 1.82) is 0 Å². The number of hydrogen-bond acceptors (Lipinski definition) is 4. The minimum atomic E-state index is -3.41.